The molecule has 0 aliphatic rings. The Morgan fingerprint density at radius 1 is 1.31 bits per heavy atom. The molecule has 0 aromatic heterocycles. The summed E-state index contributed by atoms with van der Waals surface area (Å²) in [5, 5.41) is 0. The van der Waals surface area contributed by atoms with Crippen LogP contribution < -0.4 is 0 Å². The smallest absolute Gasteiger partial charge is 0.0177 e. The van der Waals surface area contributed by atoms with Crippen LogP contribution in [-0.4, -0.2) is 0 Å². The fourth-order valence-electron chi connectivity index (χ4n) is 1.56. The average molecular weight is 178 g/mol. The first-order valence-corrected chi connectivity index (χ1v) is 5.08. The third-order valence-corrected chi connectivity index (χ3v) is 2.38. The van der Waals surface area contributed by atoms with E-state index >= 15 is 0 Å². The van der Waals surface area contributed by atoms with E-state index in [0.717, 1.165) is 12.3 Å². The summed E-state index contributed by atoms with van der Waals surface area (Å²) in [6, 6.07) is 0. The molecule has 0 rings (SSSR count). The molecular weight excluding hydrogens is 156 g/mol. The van der Waals surface area contributed by atoms with Crippen molar-refractivity contribution in [2.45, 2.75) is 40.5 Å². The first-order valence-electron chi connectivity index (χ1n) is 5.08. The van der Waals surface area contributed by atoms with Gasteiger partial charge in [0, 0.05) is 5.92 Å². The molecule has 2 unspecified atom stereocenters. The Morgan fingerprint density at radius 2 is 1.85 bits per heavy atom. The molecular formula is C13H22. The molecule has 0 aromatic rings. The van der Waals surface area contributed by atoms with E-state index in [1.165, 1.54) is 12.0 Å². The molecule has 0 aliphatic carbocycles. The average Bonchev–Trinajstić information content (AvgIpc) is 2.02. The number of rotatable bonds is 5. The van der Waals surface area contributed by atoms with Crippen molar-refractivity contribution in [2.24, 2.45) is 17.8 Å². The zero-order valence-electron chi connectivity index (χ0n) is 9.43. The minimum absolute atomic E-state index is 0.375. The molecule has 0 bridgehead atoms. The molecule has 0 aliphatic heterocycles. The SMILES string of the molecule is C#CC(C)CC(CC(C)C)C(=C)C. The molecule has 13 heavy (non-hydrogen) atoms. The van der Waals surface area contributed by atoms with Crippen LogP contribution in [0.4, 0.5) is 0 Å². The number of terminal acetylenes is 1. The molecule has 2 atom stereocenters. The van der Waals surface area contributed by atoms with E-state index in [0.29, 0.717) is 11.8 Å². The van der Waals surface area contributed by atoms with Gasteiger partial charge in [0.15, 0.2) is 0 Å². The van der Waals surface area contributed by atoms with Crippen molar-refractivity contribution in [1.29, 1.82) is 0 Å². The standard InChI is InChI=1S/C13H22/c1-7-12(6)9-13(11(4)5)8-10(2)3/h1,10,12-13H,4,8-9H2,2-3,5-6H3. The van der Waals surface area contributed by atoms with E-state index in [9.17, 15) is 0 Å². The zero-order chi connectivity index (χ0) is 10.4. The van der Waals surface area contributed by atoms with Gasteiger partial charge in [0.1, 0.15) is 0 Å². The van der Waals surface area contributed by atoms with E-state index in [1.807, 2.05) is 0 Å². The van der Waals surface area contributed by atoms with E-state index in [1.54, 1.807) is 0 Å². The van der Waals surface area contributed by atoms with Gasteiger partial charge in [-0.3, -0.25) is 0 Å². The summed E-state index contributed by atoms with van der Waals surface area (Å²) in [4.78, 5) is 0. The summed E-state index contributed by atoms with van der Waals surface area (Å²) < 4.78 is 0. The van der Waals surface area contributed by atoms with Gasteiger partial charge in [-0.05, 0) is 31.6 Å². The molecule has 74 valence electrons. The number of hydrogen-bond acceptors (Lipinski definition) is 0. The van der Waals surface area contributed by atoms with Crippen molar-refractivity contribution >= 4 is 0 Å². The largest absolute Gasteiger partial charge is 0.120 e. The lowest BCUT2D eigenvalue weighted by molar-refractivity contribution is 0.406. The fraction of sp³-hybridized carbons (Fsp3) is 0.692. The van der Waals surface area contributed by atoms with Crippen LogP contribution in [0.1, 0.15) is 40.5 Å². The highest BCUT2D eigenvalue weighted by Gasteiger charge is 2.13. The summed E-state index contributed by atoms with van der Waals surface area (Å²) in [6.07, 6.45) is 7.67. The second-order valence-electron chi connectivity index (χ2n) is 4.48. The van der Waals surface area contributed by atoms with E-state index in [2.05, 4.69) is 40.2 Å². The van der Waals surface area contributed by atoms with Crippen LogP contribution in [0.2, 0.25) is 0 Å². The first-order chi connectivity index (χ1) is 5.97. The normalized spacial score (nSPS) is 15.1. The molecule has 0 nitrogen and oxygen atoms in total. The zero-order valence-corrected chi connectivity index (χ0v) is 9.43. The lowest BCUT2D eigenvalue weighted by atomic mass is 9.85. The van der Waals surface area contributed by atoms with Crippen LogP contribution in [0.15, 0.2) is 12.2 Å². The topological polar surface area (TPSA) is 0 Å². The Balaban J connectivity index is 4.12. The van der Waals surface area contributed by atoms with Gasteiger partial charge in [0.25, 0.3) is 0 Å². The van der Waals surface area contributed by atoms with E-state index < -0.39 is 0 Å². The Hall–Kier alpha value is -0.700. The van der Waals surface area contributed by atoms with Gasteiger partial charge in [-0.25, -0.2) is 0 Å². The summed E-state index contributed by atoms with van der Waals surface area (Å²) in [7, 11) is 0. The second-order valence-corrected chi connectivity index (χ2v) is 4.48. The van der Waals surface area contributed by atoms with Crippen LogP contribution in [0.3, 0.4) is 0 Å². The van der Waals surface area contributed by atoms with Crippen LogP contribution in [0.25, 0.3) is 0 Å². The quantitative estimate of drug-likeness (QED) is 0.442. The Morgan fingerprint density at radius 3 is 2.15 bits per heavy atom. The Bertz CT molecular complexity index is 193. The molecule has 0 saturated carbocycles. The molecule has 0 spiro atoms. The van der Waals surface area contributed by atoms with Crippen molar-refractivity contribution in [1.82, 2.24) is 0 Å². The number of hydrogen-bond donors (Lipinski definition) is 0. The van der Waals surface area contributed by atoms with Crippen LogP contribution in [0.5, 0.6) is 0 Å². The maximum absolute atomic E-state index is 5.37. The minimum atomic E-state index is 0.375. The predicted octanol–water partition coefficient (Wildman–Crippen LogP) is 3.88. The Labute approximate surface area is 83.4 Å². The monoisotopic (exact) mass is 178 g/mol. The fourth-order valence-corrected chi connectivity index (χ4v) is 1.56. The van der Waals surface area contributed by atoms with Gasteiger partial charge in [0.2, 0.25) is 0 Å². The van der Waals surface area contributed by atoms with E-state index in [4.69, 9.17) is 6.42 Å². The molecule has 0 radical (unpaired) electrons. The van der Waals surface area contributed by atoms with Gasteiger partial charge in [-0.15, -0.1) is 12.3 Å². The summed E-state index contributed by atoms with van der Waals surface area (Å²) in [5.41, 5.74) is 1.27. The lowest BCUT2D eigenvalue weighted by Gasteiger charge is -2.20. The highest BCUT2D eigenvalue weighted by Crippen LogP contribution is 2.25. The van der Waals surface area contributed by atoms with Gasteiger partial charge in [0.05, 0.1) is 0 Å². The van der Waals surface area contributed by atoms with Crippen LogP contribution >= 0.6 is 0 Å². The van der Waals surface area contributed by atoms with Crippen molar-refractivity contribution < 1.29 is 0 Å². The molecule has 0 amide bonds. The summed E-state index contributed by atoms with van der Waals surface area (Å²) in [6.45, 7) is 12.7. The highest BCUT2D eigenvalue weighted by atomic mass is 14.2. The molecule has 0 aromatic carbocycles. The predicted molar refractivity (Wildman–Crippen MR) is 60.4 cm³/mol. The van der Waals surface area contributed by atoms with Gasteiger partial charge >= 0.3 is 0 Å². The van der Waals surface area contributed by atoms with Crippen molar-refractivity contribution in [3.8, 4) is 12.3 Å². The second kappa shape index (κ2) is 5.86. The molecule has 0 fully saturated rings. The van der Waals surface area contributed by atoms with Crippen molar-refractivity contribution in [2.75, 3.05) is 0 Å². The van der Waals surface area contributed by atoms with Crippen molar-refractivity contribution in [3.05, 3.63) is 12.2 Å². The first kappa shape index (κ1) is 12.3. The van der Waals surface area contributed by atoms with Crippen LogP contribution in [-0.2, 0) is 0 Å². The van der Waals surface area contributed by atoms with Gasteiger partial charge in [-0.2, -0.15) is 0 Å². The third-order valence-electron chi connectivity index (χ3n) is 2.38. The maximum atomic E-state index is 5.37. The molecule has 0 saturated heterocycles. The van der Waals surface area contributed by atoms with Gasteiger partial charge < -0.3 is 0 Å². The molecule has 0 heterocycles. The molecule has 0 heteroatoms. The highest BCUT2D eigenvalue weighted by molar-refractivity contribution is 5.00. The number of allylic oxidation sites excluding steroid dienone is 1. The third kappa shape index (κ3) is 5.53. The summed E-state index contributed by atoms with van der Waals surface area (Å²) in [5.74, 6) is 4.49. The maximum Gasteiger partial charge on any atom is 0.0177 e. The molecule has 0 N–H and O–H groups in total. The van der Waals surface area contributed by atoms with Crippen molar-refractivity contribution in [3.63, 3.8) is 0 Å². The Kier molecular flexibility index (Phi) is 5.55. The minimum Gasteiger partial charge on any atom is -0.120 e. The van der Waals surface area contributed by atoms with Crippen LogP contribution in [0, 0.1) is 30.1 Å². The van der Waals surface area contributed by atoms with E-state index in [-0.39, 0.29) is 0 Å². The summed E-state index contributed by atoms with van der Waals surface area (Å²) >= 11 is 0. The lowest BCUT2D eigenvalue weighted by Crippen LogP contribution is -2.09. The van der Waals surface area contributed by atoms with Gasteiger partial charge in [-0.1, -0.05) is 32.9 Å².